The fourth-order valence-electron chi connectivity index (χ4n) is 2.61. The SMILES string of the molecule is O=C(CCc1ccccc1)N[C@H]1CO[C@@H](c2ccc(O)cc2)OC1. The molecule has 0 aliphatic carbocycles. The first-order chi connectivity index (χ1) is 11.7. The third-order valence-corrected chi connectivity index (χ3v) is 3.91. The number of aryl methyl sites for hydroxylation is 1. The molecule has 0 atom stereocenters. The lowest BCUT2D eigenvalue weighted by Gasteiger charge is -2.30. The Hall–Kier alpha value is -2.37. The van der Waals surface area contributed by atoms with Gasteiger partial charge in [0.05, 0.1) is 19.3 Å². The molecule has 1 saturated heterocycles. The molecule has 2 aromatic carbocycles. The van der Waals surface area contributed by atoms with E-state index >= 15 is 0 Å². The second-order valence-corrected chi connectivity index (χ2v) is 5.84. The number of amides is 1. The van der Waals surface area contributed by atoms with Crippen LogP contribution in [-0.4, -0.2) is 30.3 Å². The molecule has 0 radical (unpaired) electrons. The van der Waals surface area contributed by atoms with E-state index in [-0.39, 0.29) is 17.7 Å². The van der Waals surface area contributed by atoms with Crippen LogP contribution in [0.25, 0.3) is 0 Å². The molecule has 2 aromatic rings. The van der Waals surface area contributed by atoms with Gasteiger partial charge in [-0.05, 0) is 24.1 Å². The van der Waals surface area contributed by atoms with Crippen LogP contribution in [0.1, 0.15) is 23.8 Å². The molecule has 2 N–H and O–H groups in total. The summed E-state index contributed by atoms with van der Waals surface area (Å²) in [6.07, 6.45) is 0.710. The summed E-state index contributed by atoms with van der Waals surface area (Å²) in [4.78, 5) is 12.0. The number of hydrogen-bond acceptors (Lipinski definition) is 4. The van der Waals surface area contributed by atoms with Crippen LogP contribution in [0, 0.1) is 0 Å². The fourth-order valence-corrected chi connectivity index (χ4v) is 2.61. The van der Waals surface area contributed by atoms with E-state index in [2.05, 4.69) is 5.32 Å². The molecule has 5 heteroatoms. The maximum atomic E-state index is 12.0. The summed E-state index contributed by atoms with van der Waals surface area (Å²) in [5, 5.41) is 12.2. The lowest BCUT2D eigenvalue weighted by molar-refractivity contribution is -0.195. The number of nitrogens with one attached hydrogen (secondary N) is 1. The van der Waals surface area contributed by atoms with E-state index < -0.39 is 6.29 Å². The van der Waals surface area contributed by atoms with Gasteiger partial charge >= 0.3 is 0 Å². The number of phenolic OH excluding ortho intramolecular Hbond substituents is 1. The molecule has 24 heavy (non-hydrogen) atoms. The van der Waals surface area contributed by atoms with Crippen LogP contribution in [-0.2, 0) is 20.7 Å². The third kappa shape index (κ3) is 4.57. The zero-order valence-electron chi connectivity index (χ0n) is 13.4. The molecule has 0 spiro atoms. The molecular weight excluding hydrogens is 306 g/mol. The van der Waals surface area contributed by atoms with Gasteiger partial charge in [-0.15, -0.1) is 0 Å². The fraction of sp³-hybridized carbons (Fsp3) is 0.316. The van der Waals surface area contributed by atoms with Crippen LogP contribution in [0.2, 0.25) is 0 Å². The normalized spacial score (nSPS) is 20.5. The Bertz CT molecular complexity index is 649. The van der Waals surface area contributed by atoms with Gasteiger partial charge in [-0.25, -0.2) is 0 Å². The van der Waals surface area contributed by atoms with E-state index in [0.29, 0.717) is 19.6 Å². The predicted molar refractivity (Wildman–Crippen MR) is 89.4 cm³/mol. The molecule has 0 bridgehead atoms. The van der Waals surface area contributed by atoms with E-state index in [4.69, 9.17) is 9.47 Å². The molecule has 5 nitrogen and oxygen atoms in total. The number of phenols is 1. The lowest BCUT2D eigenvalue weighted by atomic mass is 10.1. The second-order valence-electron chi connectivity index (χ2n) is 5.84. The topological polar surface area (TPSA) is 67.8 Å². The summed E-state index contributed by atoms with van der Waals surface area (Å²) in [7, 11) is 0. The first-order valence-corrected chi connectivity index (χ1v) is 8.06. The molecule has 0 unspecified atom stereocenters. The van der Waals surface area contributed by atoms with Crippen molar-refractivity contribution in [2.24, 2.45) is 0 Å². The zero-order chi connectivity index (χ0) is 16.8. The number of carbonyl (C=O) groups is 1. The van der Waals surface area contributed by atoms with Crippen molar-refractivity contribution >= 4 is 5.91 Å². The maximum absolute atomic E-state index is 12.0. The Morgan fingerprint density at radius 3 is 2.38 bits per heavy atom. The summed E-state index contributed by atoms with van der Waals surface area (Å²) >= 11 is 0. The summed E-state index contributed by atoms with van der Waals surface area (Å²) in [6, 6.07) is 16.5. The van der Waals surface area contributed by atoms with Gasteiger partial charge in [0.1, 0.15) is 5.75 Å². The zero-order valence-corrected chi connectivity index (χ0v) is 13.4. The van der Waals surface area contributed by atoms with Gasteiger partial charge in [-0.3, -0.25) is 4.79 Å². The second kappa shape index (κ2) is 7.95. The minimum absolute atomic E-state index is 0.000800. The van der Waals surface area contributed by atoms with Gasteiger partial charge in [-0.1, -0.05) is 42.5 Å². The Labute approximate surface area is 141 Å². The molecule has 1 fully saturated rings. The van der Waals surface area contributed by atoms with Gasteiger partial charge < -0.3 is 19.9 Å². The van der Waals surface area contributed by atoms with Gasteiger partial charge in [0.15, 0.2) is 6.29 Å². The minimum Gasteiger partial charge on any atom is -0.508 e. The maximum Gasteiger partial charge on any atom is 0.220 e. The van der Waals surface area contributed by atoms with Crippen LogP contribution >= 0.6 is 0 Å². The number of benzene rings is 2. The van der Waals surface area contributed by atoms with Crippen LogP contribution in [0.5, 0.6) is 5.75 Å². The smallest absolute Gasteiger partial charge is 0.220 e. The summed E-state index contributed by atoms with van der Waals surface area (Å²) < 4.78 is 11.3. The van der Waals surface area contributed by atoms with Crippen LogP contribution in [0.15, 0.2) is 54.6 Å². The first-order valence-electron chi connectivity index (χ1n) is 8.06. The van der Waals surface area contributed by atoms with Gasteiger partial charge in [-0.2, -0.15) is 0 Å². The van der Waals surface area contributed by atoms with Crippen molar-refractivity contribution < 1.29 is 19.4 Å². The van der Waals surface area contributed by atoms with Crippen molar-refractivity contribution in [3.05, 3.63) is 65.7 Å². The number of ether oxygens (including phenoxy) is 2. The van der Waals surface area contributed by atoms with Crippen molar-refractivity contribution in [3.63, 3.8) is 0 Å². The standard InChI is InChI=1S/C19H21NO4/c21-17-9-7-15(8-10-17)19-23-12-16(13-24-19)20-18(22)11-6-14-4-2-1-3-5-14/h1-5,7-10,16,19,21H,6,11-13H2,(H,20,22)/t16-,19+. The number of carbonyl (C=O) groups excluding carboxylic acids is 1. The van der Waals surface area contributed by atoms with E-state index in [9.17, 15) is 9.90 Å². The van der Waals surface area contributed by atoms with E-state index in [1.165, 1.54) is 0 Å². The Balaban J connectivity index is 1.41. The van der Waals surface area contributed by atoms with Crippen LogP contribution in [0.3, 0.4) is 0 Å². The summed E-state index contributed by atoms with van der Waals surface area (Å²) in [5.41, 5.74) is 2.00. The van der Waals surface area contributed by atoms with E-state index in [1.54, 1.807) is 24.3 Å². The minimum atomic E-state index is -0.455. The van der Waals surface area contributed by atoms with E-state index in [0.717, 1.165) is 17.5 Å². The molecule has 126 valence electrons. The number of aromatic hydroxyl groups is 1. The largest absolute Gasteiger partial charge is 0.508 e. The van der Waals surface area contributed by atoms with Crippen molar-refractivity contribution in [2.45, 2.75) is 25.2 Å². The quantitative estimate of drug-likeness (QED) is 0.886. The van der Waals surface area contributed by atoms with Crippen molar-refractivity contribution in [3.8, 4) is 5.75 Å². The molecule has 0 aromatic heterocycles. The molecule has 1 aliphatic rings. The molecular formula is C19H21NO4. The molecule has 1 amide bonds. The highest BCUT2D eigenvalue weighted by Crippen LogP contribution is 2.24. The molecule has 1 aliphatic heterocycles. The van der Waals surface area contributed by atoms with E-state index in [1.807, 2.05) is 30.3 Å². The highest BCUT2D eigenvalue weighted by atomic mass is 16.7. The Morgan fingerprint density at radius 1 is 1.04 bits per heavy atom. The van der Waals surface area contributed by atoms with Crippen molar-refractivity contribution in [1.82, 2.24) is 5.32 Å². The lowest BCUT2D eigenvalue weighted by Crippen LogP contribution is -2.45. The number of hydrogen-bond donors (Lipinski definition) is 2. The predicted octanol–water partition coefficient (Wildman–Crippen LogP) is 2.56. The highest BCUT2D eigenvalue weighted by molar-refractivity contribution is 5.76. The van der Waals surface area contributed by atoms with Crippen LogP contribution in [0.4, 0.5) is 0 Å². The summed E-state index contributed by atoms with van der Waals surface area (Å²) in [5.74, 6) is 0.206. The summed E-state index contributed by atoms with van der Waals surface area (Å²) in [6.45, 7) is 0.811. The molecule has 3 rings (SSSR count). The van der Waals surface area contributed by atoms with Crippen molar-refractivity contribution in [2.75, 3.05) is 13.2 Å². The van der Waals surface area contributed by atoms with Crippen LogP contribution < -0.4 is 5.32 Å². The highest BCUT2D eigenvalue weighted by Gasteiger charge is 2.24. The number of rotatable bonds is 5. The Morgan fingerprint density at radius 2 is 1.71 bits per heavy atom. The average molecular weight is 327 g/mol. The van der Waals surface area contributed by atoms with Crippen molar-refractivity contribution in [1.29, 1.82) is 0 Å². The first kappa shape index (κ1) is 16.5. The average Bonchev–Trinajstić information content (AvgIpc) is 2.62. The molecule has 0 saturated carbocycles. The van der Waals surface area contributed by atoms with Gasteiger partial charge in [0.2, 0.25) is 5.91 Å². The monoisotopic (exact) mass is 327 g/mol. The Kier molecular flexibility index (Phi) is 5.46. The van der Waals surface area contributed by atoms with Gasteiger partial charge in [0.25, 0.3) is 0 Å². The van der Waals surface area contributed by atoms with Gasteiger partial charge in [0, 0.05) is 12.0 Å². The third-order valence-electron chi connectivity index (χ3n) is 3.91. The molecule has 1 heterocycles.